The number of terminal acetylenes is 1. The first-order chi connectivity index (χ1) is 13.2. The average Bonchev–Trinajstić information content (AvgIpc) is 3.16. The third kappa shape index (κ3) is 5.79. The summed E-state index contributed by atoms with van der Waals surface area (Å²) in [5.41, 5.74) is 2.38. The Kier molecular flexibility index (Phi) is 7.95. The van der Waals surface area contributed by atoms with Gasteiger partial charge in [0.25, 0.3) is 0 Å². The van der Waals surface area contributed by atoms with Crippen LogP contribution in [-0.4, -0.2) is 32.3 Å². The number of guanidine groups is 1. The third-order valence-electron chi connectivity index (χ3n) is 3.85. The molecular formula is C20H21IN4O3. The van der Waals surface area contributed by atoms with Crippen LogP contribution in [0.5, 0.6) is 11.5 Å². The number of amides is 1. The highest BCUT2D eigenvalue weighted by Gasteiger charge is 2.13. The van der Waals surface area contributed by atoms with Crippen LogP contribution in [0.25, 0.3) is 0 Å². The molecule has 0 bridgehead atoms. The van der Waals surface area contributed by atoms with Gasteiger partial charge in [-0.05, 0) is 35.9 Å². The number of halogens is 1. The van der Waals surface area contributed by atoms with Crippen molar-refractivity contribution in [1.29, 1.82) is 0 Å². The van der Waals surface area contributed by atoms with Crippen LogP contribution in [-0.2, 0) is 11.3 Å². The summed E-state index contributed by atoms with van der Waals surface area (Å²) in [6.07, 6.45) is 5.36. The SMILES string of the molecule is C#Cc1cccc(NC(=O)CNC(=NC)NCc2ccc3c(c2)OCO3)c1.I. The van der Waals surface area contributed by atoms with E-state index in [1.54, 1.807) is 31.3 Å². The predicted octanol–water partition coefficient (Wildman–Crippen LogP) is 2.32. The second-order valence-electron chi connectivity index (χ2n) is 5.74. The van der Waals surface area contributed by atoms with Crippen molar-refractivity contribution in [3.8, 4) is 23.8 Å². The van der Waals surface area contributed by atoms with Crippen molar-refractivity contribution < 1.29 is 14.3 Å². The molecule has 0 unspecified atom stereocenters. The molecule has 0 aromatic heterocycles. The largest absolute Gasteiger partial charge is 0.454 e. The first kappa shape index (κ1) is 21.4. The molecule has 1 aliphatic rings. The number of carbonyl (C=O) groups is 1. The van der Waals surface area contributed by atoms with E-state index in [-0.39, 0.29) is 43.2 Å². The van der Waals surface area contributed by atoms with Gasteiger partial charge in [-0.1, -0.05) is 18.1 Å². The Morgan fingerprint density at radius 1 is 1.18 bits per heavy atom. The summed E-state index contributed by atoms with van der Waals surface area (Å²) in [5.74, 6) is 4.32. The minimum absolute atomic E-state index is 0. The highest BCUT2D eigenvalue weighted by atomic mass is 127. The highest BCUT2D eigenvalue weighted by Crippen LogP contribution is 2.32. The molecule has 2 aromatic rings. The number of carbonyl (C=O) groups excluding carboxylic acids is 1. The molecule has 2 aromatic carbocycles. The summed E-state index contributed by atoms with van der Waals surface area (Å²) in [6, 6.07) is 12.8. The average molecular weight is 492 g/mol. The Morgan fingerprint density at radius 2 is 2.00 bits per heavy atom. The Bertz CT molecular complexity index is 909. The van der Waals surface area contributed by atoms with Crippen molar-refractivity contribution in [2.75, 3.05) is 25.7 Å². The molecule has 0 saturated heterocycles. The number of hydrogen-bond donors (Lipinski definition) is 3. The maximum Gasteiger partial charge on any atom is 0.243 e. The Balaban J connectivity index is 0.00000280. The Hall–Kier alpha value is -2.93. The van der Waals surface area contributed by atoms with Crippen LogP contribution < -0.4 is 25.4 Å². The molecule has 28 heavy (non-hydrogen) atoms. The zero-order valence-electron chi connectivity index (χ0n) is 15.3. The van der Waals surface area contributed by atoms with E-state index in [9.17, 15) is 4.79 Å². The van der Waals surface area contributed by atoms with Gasteiger partial charge >= 0.3 is 0 Å². The first-order valence-electron chi connectivity index (χ1n) is 8.37. The highest BCUT2D eigenvalue weighted by molar-refractivity contribution is 14.0. The molecule has 0 aliphatic carbocycles. The van der Waals surface area contributed by atoms with Gasteiger partial charge in [0.15, 0.2) is 17.5 Å². The molecule has 0 fully saturated rings. The molecule has 0 spiro atoms. The fraction of sp³-hybridized carbons (Fsp3) is 0.200. The second-order valence-corrected chi connectivity index (χ2v) is 5.74. The number of nitrogens with one attached hydrogen (secondary N) is 3. The molecule has 1 heterocycles. The van der Waals surface area contributed by atoms with Crippen molar-refractivity contribution in [3.05, 3.63) is 53.6 Å². The quantitative estimate of drug-likeness (QED) is 0.258. The normalized spacial score (nSPS) is 11.8. The van der Waals surface area contributed by atoms with Crippen molar-refractivity contribution in [3.63, 3.8) is 0 Å². The third-order valence-corrected chi connectivity index (χ3v) is 3.85. The molecule has 146 valence electrons. The van der Waals surface area contributed by atoms with E-state index >= 15 is 0 Å². The van der Waals surface area contributed by atoms with E-state index < -0.39 is 0 Å². The predicted molar refractivity (Wildman–Crippen MR) is 119 cm³/mol. The van der Waals surface area contributed by atoms with Gasteiger partial charge in [-0.15, -0.1) is 30.4 Å². The monoisotopic (exact) mass is 492 g/mol. The zero-order valence-corrected chi connectivity index (χ0v) is 17.7. The molecule has 1 amide bonds. The molecule has 0 saturated carbocycles. The Labute approximate surface area is 180 Å². The maximum absolute atomic E-state index is 12.1. The molecule has 3 rings (SSSR count). The Morgan fingerprint density at radius 3 is 2.79 bits per heavy atom. The van der Waals surface area contributed by atoms with E-state index in [4.69, 9.17) is 15.9 Å². The van der Waals surface area contributed by atoms with E-state index in [0.29, 0.717) is 23.8 Å². The number of fused-ring (bicyclic) bond motifs is 1. The lowest BCUT2D eigenvalue weighted by molar-refractivity contribution is -0.115. The van der Waals surface area contributed by atoms with Gasteiger partial charge in [0.2, 0.25) is 12.7 Å². The second kappa shape index (κ2) is 10.4. The van der Waals surface area contributed by atoms with Crippen molar-refractivity contribution in [1.82, 2.24) is 10.6 Å². The number of ether oxygens (including phenoxy) is 2. The van der Waals surface area contributed by atoms with Crippen molar-refractivity contribution in [2.24, 2.45) is 4.99 Å². The van der Waals surface area contributed by atoms with Crippen molar-refractivity contribution >= 4 is 41.5 Å². The number of rotatable bonds is 5. The summed E-state index contributed by atoms with van der Waals surface area (Å²) in [6.45, 7) is 0.845. The van der Waals surface area contributed by atoms with E-state index in [1.165, 1.54) is 0 Å². The van der Waals surface area contributed by atoms with Gasteiger partial charge in [-0.3, -0.25) is 9.79 Å². The number of aliphatic imine (C=N–C) groups is 1. The minimum atomic E-state index is -0.199. The summed E-state index contributed by atoms with van der Waals surface area (Å²) in [5, 5.41) is 8.91. The summed E-state index contributed by atoms with van der Waals surface area (Å²) < 4.78 is 10.7. The molecule has 7 nitrogen and oxygen atoms in total. The van der Waals surface area contributed by atoms with Crippen LogP contribution in [0.1, 0.15) is 11.1 Å². The van der Waals surface area contributed by atoms with Gasteiger partial charge in [-0.2, -0.15) is 0 Å². The fourth-order valence-corrected chi connectivity index (χ4v) is 2.51. The van der Waals surface area contributed by atoms with Gasteiger partial charge < -0.3 is 25.4 Å². The fourth-order valence-electron chi connectivity index (χ4n) is 2.51. The van der Waals surface area contributed by atoms with E-state index in [2.05, 4.69) is 26.9 Å². The van der Waals surface area contributed by atoms with Crippen LogP contribution in [0.3, 0.4) is 0 Å². The molecule has 0 atom stereocenters. The van der Waals surface area contributed by atoms with E-state index in [0.717, 1.165) is 17.1 Å². The van der Waals surface area contributed by atoms with Gasteiger partial charge in [0.1, 0.15) is 0 Å². The van der Waals surface area contributed by atoms with Crippen LogP contribution in [0.15, 0.2) is 47.5 Å². The molecule has 1 aliphatic heterocycles. The molecule has 0 radical (unpaired) electrons. The van der Waals surface area contributed by atoms with Gasteiger partial charge in [0.05, 0.1) is 6.54 Å². The minimum Gasteiger partial charge on any atom is -0.454 e. The molecule has 8 heteroatoms. The smallest absolute Gasteiger partial charge is 0.243 e. The van der Waals surface area contributed by atoms with Crippen LogP contribution >= 0.6 is 24.0 Å². The number of hydrogen-bond acceptors (Lipinski definition) is 4. The van der Waals surface area contributed by atoms with Gasteiger partial charge in [0, 0.05) is 24.8 Å². The molecule has 3 N–H and O–H groups in total. The standard InChI is InChI=1S/C20H20N4O3.HI/c1-3-14-5-4-6-16(9-14)24-19(25)12-23-20(21-2)22-11-15-7-8-17-18(10-15)27-13-26-17;/h1,4-10H,11-13H2,2H3,(H,24,25)(H2,21,22,23);1H. The maximum atomic E-state index is 12.1. The lowest BCUT2D eigenvalue weighted by Crippen LogP contribution is -2.41. The number of anilines is 1. The summed E-state index contributed by atoms with van der Waals surface area (Å²) >= 11 is 0. The lowest BCUT2D eigenvalue weighted by Gasteiger charge is -2.12. The molecular weight excluding hydrogens is 471 g/mol. The summed E-state index contributed by atoms with van der Waals surface area (Å²) in [4.78, 5) is 16.2. The number of nitrogens with zero attached hydrogens (tertiary/aromatic N) is 1. The number of benzene rings is 2. The topological polar surface area (TPSA) is 84.0 Å². The zero-order chi connectivity index (χ0) is 19.1. The van der Waals surface area contributed by atoms with Crippen LogP contribution in [0, 0.1) is 12.3 Å². The van der Waals surface area contributed by atoms with Gasteiger partial charge in [-0.25, -0.2) is 0 Å². The summed E-state index contributed by atoms with van der Waals surface area (Å²) in [7, 11) is 1.64. The first-order valence-corrected chi connectivity index (χ1v) is 8.37. The van der Waals surface area contributed by atoms with Crippen LogP contribution in [0.2, 0.25) is 0 Å². The van der Waals surface area contributed by atoms with Crippen LogP contribution in [0.4, 0.5) is 5.69 Å². The van der Waals surface area contributed by atoms with E-state index in [1.807, 2.05) is 18.2 Å². The lowest BCUT2D eigenvalue weighted by atomic mass is 10.2. The van der Waals surface area contributed by atoms with Crippen molar-refractivity contribution in [2.45, 2.75) is 6.54 Å².